The van der Waals surface area contributed by atoms with Crippen molar-refractivity contribution in [2.75, 3.05) is 0 Å². The highest BCUT2D eigenvalue weighted by Crippen LogP contribution is 2.14. The van der Waals surface area contributed by atoms with Crippen LogP contribution in [0.3, 0.4) is 0 Å². The molecule has 0 aliphatic carbocycles. The lowest BCUT2D eigenvalue weighted by atomic mass is 10.1. The summed E-state index contributed by atoms with van der Waals surface area (Å²) in [5.41, 5.74) is 3.99. The lowest BCUT2D eigenvalue weighted by Gasteiger charge is -2.09. The van der Waals surface area contributed by atoms with E-state index in [-0.39, 0.29) is 0 Å². The Morgan fingerprint density at radius 1 is 1.33 bits per heavy atom. The van der Waals surface area contributed by atoms with Gasteiger partial charge in [0.2, 0.25) is 0 Å². The van der Waals surface area contributed by atoms with Crippen LogP contribution in [0.4, 0.5) is 0 Å². The molecule has 0 aromatic rings. The Morgan fingerprint density at radius 2 is 2.07 bits per heavy atom. The third kappa shape index (κ3) is 4.68. The van der Waals surface area contributed by atoms with E-state index >= 15 is 0 Å². The van der Waals surface area contributed by atoms with Gasteiger partial charge in [-0.05, 0) is 25.8 Å². The zero-order valence-electron chi connectivity index (χ0n) is 10.2. The summed E-state index contributed by atoms with van der Waals surface area (Å²) in [6.07, 6.45) is 11.7. The van der Waals surface area contributed by atoms with Crippen LogP contribution in [0.2, 0.25) is 0 Å². The minimum Gasteiger partial charge on any atom is -0.365 e. The van der Waals surface area contributed by atoms with Gasteiger partial charge in [0, 0.05) is 18.3 Å². The van der Waals surface area contributed by atoms with Crippen molar-refractivity contribution in [2.24, 2.45) is 5.92 Å². The number of allylic oxidation sites excluding steroid dienone is 6. The van der Waals surface area contributed by atoms with Crippen LogP contribution in [-0.2, 0) is 0 Å². The zero-order valence-corrected chi connectivity index (χ0v) is 10.2. The third-order valence-corrected chi connectivity index (χ3v) is 2.20. The molecule has 0 unspecified atom stereocenters. The van der Waals surface area contributed by atoms with Crippen molar-refractivity contribution < 1.29 is 0 Å². The summed E-state index contributed by atoms with van der Waals surface area (Å²) in [7, 11) is 0. The lowest BCUT2D eigenvalue weighted by molar-refractivity contribution is 0.795. The van der Waals surface area contributed by atoms with Crippen molar-refractivity contribution >= 4 is 0 Å². The van der Waals surface area contributed by atoms with Gasteiger partial charge in [0.05, 0.1) is 0 Å². The third-order valence-electron chi connectivity index (χ3n) is 2.20. The fourth-order valence-electron chi connectivity index (χ4n) is 1.70. The Bertz CT molecular complexity index is 327. The van der Waals surface area contributed by atoms with E-state index in [1.54, 1.807) is 0 Å². The minimum absolute atomic E-state index is 0.587. The molecule has 0 fully saturated rings. The second kappa shape index (κ2) is 5.59. The number of nitrogens with one attached hydrogen (secondary N) is 1. The van der Waals surface area contributed by atoms with E-state index in [4.69, 9.17) is 0 Å². The second-order valence-corrected chi connectivity index (χ2v) is 4.52. The molecule has 0 saturated carbocycles. The maximum Gasteiger partial charge on any atom is 0.0149 e. The van der Waals surface area contributed by atoms with E-state index in [0.717, 1.165) is 6.42 Å². The zero-order chi connectivity index (χ0) is 11.3. The molecular formula is C14H21N. The standard InChI is InChI=1S/C14H21N/c1-11(2)8-14-10-13(4)9-12(3)6-5-7-15-14/h5-9,11,15H,10H2,1-4H3/b7-5+,12-6-,13-9+,14-8+. The number of hydrogen-bond donors (Lipinski definition) is 1. The van der Waals surface area contributed by atoms with Gasteiger partial charge in [-0.25, -0.2) is 0 Å². The molecule has 1 N–H and O–H groups in total. The maximum absolute atomic E-state index is 3.34. The highest BCUT2D eigenvalue weighted by Gasteiger charge is 2.00. The predicted molar refractivity (Wildman–Crippen MR) is 67.3 cm³/mol. The summed E-state index contributed by atoms with van der Waals surface area (Å²) >= 11 is 0. The molecule has 1 heteroatoms. The van der Waals surface area contributed by atoms with Crippen LogP contribution in [0.15, 0.2) is 47.3 Å². The van der Waals surface area contributed by atoms with Gasteiger partial charge < -0.3 is 5.32 Å². The van der Waals surface area contributed by atoms with Crippen LogP contribution in [0, 0.1) is 5.92 Å². The molecule has 1 rings (SSSR count). The van der Waals surface area contributed by atoms with Crippen LogP contribution >= 0.6 is 0 Å². The average molecular weight is 203 g/mol. The fourth-order valence-corrected chi connectivity index (χ4v) is 1.70. The Hall–Kier alpha value is -1.24. The van der Waals surface area contributed by atoms with E-state index in [9.17, 15) is 0 Å². The molecule has 1 aliphatic heterocycles. The first kappa shape index (κ1) is 11.8. The highest BCUT2D eigenvalue weighted by atomic mass is 14.8. The van der Waals surface area contributed by atoms with Crippen LogP contribution in [0.25, 0.3) is 0 Å². The van der Waals surface area contributed by atoms with Gasteiger partial charge >= 0.3 is 0 Å². The van der Waals surface area contributed by atoms with Crippen LogP contribution < -0.4 is 5.32 Å². The van der Waals surface area contributed by atoms with Gasteiger partial charge in [0.25, 0.3) is 0 Å². The van der Waals surface area contributed by atoms with E-state index in [0.29, 0.717) is 5.92 Å². The van der Waals surface area contributed by atoms with Gasteiger partial charge in [-0.3, -0.25) is 0 Å². The summed E-state index contributed by atoms with van der Waals surface area (Å²) in [5, 5.41) is 3.34. The van der Waals surface area contributed by atoms with Gasteiger partial charge in [-0.15, -0.1) is 0 Å². The van der Waals surface area contributed by atoms with E-state index < -0.39 is 0 Å². The van der Waals surface area contributed by atoms with Crippen LogP contribution in [0.1, 0.15) is 34.1 Å². The van der Waals surface area contributed by atoms with Crippen molar-refractivity contribution in [2.45, 2.75) is 34.1 Å². The summed E-state index contributed by atoms with van der Waals surface area (Å²) in [5.74, 6) is 0.587. The molecule has 1 heterocycles. The monoisotopic (exact) mass is 203 g/mol. The maximum atomic E-state index is 3.34. The molecule has 15 heavy (non-hydrogen) atoms. The topological polar surface area (TPSA) is 12.0 Å². The smallest absolute Gasteiger partial charge is 0.0149 e. The molecule has 1 aliphatic rings. The van der Waals surface area contributed by atoms with E-state index in [1.165, 1.54) is 16.8 Å². The molecule has 0 bridgehead atoms. The summed E-state index contributed by atoms with van der Waals surface area (Å²) in [6.45, 7) is 8.71. The Balaban J connectivity index is 2.87. The van der Waals surface area contributed by atoms with Crippen molar-refractivity contribution in [3.63, 3.8) is 0 Å². The quantitative estimate of drug-likeness (QED) is 0.681. The Morgan fingerprint density at radius 3 is 2.73 bits per heavy atom. The molecule has 0 aromatic heterocycles. The van der Waals surface area contributed by atoms with E-state index in [2.05, 4.69) is 57.3 Å². The second-order valence-electron chi connectivity index (χ2n) is 4.52. The van der Waals surface area contributed by atoms with Gasteiger partial charge in [0.1, 0.15) is 0 Å². The molecular weight excluding hydrogens is 182 g/mol. The first-order chi connectivity index (χ1) is 7.08. The van der Waals surface area contributed by atoms with Gasteiger partial charge in [-0.2, -0.15) is 0 Å². The molecule has 1 nitrogen and oxygen atoms in total. The normalized spacial score (nSPS) is 29.3. The predicted octanol–water partition coefficient (Wildman–Crippen LogP) is 3.93. The molecule has 0 spiro atoms. The first-order valence-electron chi connectivity index (χ1n) is 5.56. The molecule has 0 aromatic carbocycles. The first-order valence-corrected chi connectivity index (χ1v) is 5.56. The Labute approximate surface area is 93.3 Å². The van der Waals surface area contributed by atoms with Crippen molar-refractivity contribution in [1.29, 1.82) is 0 Å². The lowest BCUT2D eigenvalue weighted by Crippen LogP contribution is -2.06. The number of rotatable bonds is 1. The van der Waals surface area contributed by atoms with Crippen LogP contribution in [-0.4, -0.2) is 0 Å². The number of hydrogen-bond acceptors (Lipinski definition) is 1. The van der Waals surface area contributed by atoms with Crippen molar-refractivity contribution in [1.82, 2.24) is 5.32 Å². The highest BCUT2D eigenvalue weighted by molar-refractivity contribution is 5.29. The molecule has 0 atom stereocenters. The molecule has 0 radical (unpaired) electrons. The van der Waals surface area contributed by atoms with Crippen LogP contribution in [0.5, 0.6) is 0 Å². The van der Waals surface area contributed by atoms with Crippen molar-refractivity contribution in [3.8, 4) is 0 Å². The summed E-state index contributed by atoms with van der Waals surface area (Å²) in [6, 6.07) is 0. The minimum atomic E-state index is 0.587. The SMILES string of the molecule is CC1=C/C=C/N/C(=C/C(C)C)C\C(C)=C\1. The summed E-state index contributed by atoms with van der Waals surface area (Å²) in [4.78, 5) is 0. The van der Waals surface area contributed by atoms with E-state index in [1.807, 2.05) is 6.20 Å². The van der Waals surface area contributed by atoms with Gasteiger partial charge in [-0.1, -0.05) is 43.2 Å². The molecule has 0 saturated heterocycles. The van der Waals surface area contributed by atoms with Crippen molar-refractivity contribution in [3.05, 3.63) is 47.3 Å². The molecule has 82 valence electrons. The van der Waals surface area contributed by atoms with Gasteiger partial charge in [0.15, 0.2) is 0 Å². The summed E-state index contributed by atoms with van der Waals surface area (Å²) < 4.78 is 0. The largest absolute Gasteiger partial charge is 0.365 e. The average Bonchev–Trinajstić information content (AvgIpc) is 2.16. The Kier molecular flexibility index (Phi) is 4.41. The fraction of sp³-hybridized carbons (Fsp3) is 0.429. The molecule has 0 amide bonds.